The summed E-state index contributed by atoms with van der Waals surface area (Å²) in [4.78, 5) is 11.8. The van der Waals surface area contributed by atoms with Gasteiger partial charge in [0, 0.05) is 16.3 Å². The van der Waals surface area contributed by atoms with E-state index in [0.717, 1.165) is 8.96 Å². The highest BCUT2D eigenvalue weighted by Gasteiger charge is 2.53. The lowest BCUT2D eigenvalue weighted by molar-refractivity contribution is -0.118. The molecule has 3 aliphatic rings. The zero-order valence-corrected chi connectivity index (χ0v) is 10.0. The van der Waals surface area contributed by atoms with Gasteiger partial charge in [-0.2, -0.15) is 0 Å². The van der Waals surface area contributed by atoms with Gasteiger partial charge in [0.15, 0.2) is 5.78 Å². The number of hydrogen-bond donors (Lipinski definition) is 0. The van der Waals surface area contributed by atoms with E-state index in [0.29, 0.717) is 23.5 Å². The average molecular weight is 304 g/mol. The van der Waals surface area contributed by atoms with Gasteiger partial charge in [0.05, 0.1) is 4.48 Å². The number of ketones is 1. The number of Topliss-reactive ketones (excluding diaryl/α,β-unsaturated/α-hetero) is 1. The molecule has 2 bridgehead atoms. The fraction of sp³-hybridized carbons (Fsp3) is 0.500. The first-order valence-corrected chi connectivity index (χ1v) is 6.06. The molecule has 1 nitrogen and oxygen atoms in total. The van der Waals surface area contributed by atoms with Crippen molar-refractivity contribution in [1.82, 2.24) is 0 Å². The summed E-state index contributed by atoms with van der Waals surface area (Å²) in [5, 5.41) is 0. The van der Waals surface area contributed by atoms with Crippen molar-refractivity contribution in [3.8, 4) is 0 Å². The number of carbonyl (C=O) groups excluding carboxylic acids is 1. The molecule has 0 spiro atoms. The van der Waals surface area contributed by atoms with Crippen molar-refractivity contribution in [2.45, 2.75) is 6.42 Å². The maximum atomic E-state index is 11.8. The second-order valence-corrected chi connectivity index (χ2v) is 5.67. The zero-order valence-electron chi connectivity index (χ0n) is 6.84. The van der Waals surface area contributed by atoms with E-state index in [4.69, 9.17) is 0 Å². The average Bonchev–Trinajstić information content (AvgIpc) is 2.76. The van der Waals surface area contributed by atoms with Crippen LogP contribution in [0, 0.1) is 23.7 Å². The first-order valence-electron chi connectivity index (χ1n) is 4.48. The number of rotatable bonds is 0. The quantitative estimate of drug-likeness (QED) is 0.629. The molecule has 0 saturated heterocycles. The van der Waals surface area contributed by atoms with Crippen LogP contribution in [-0.4, -0.2) is 5.78 Å². The summed E-state index contributed by atoms with van der Waals surface area (Å²) in [6.45, 7) is 0. The third kappa shape index (κ3) is 0.899. The summed E-state index contributed by atoms with van der Waals surface area (Å²) in [5.41, 5.74) is 0. The lowest BCUT2D eigenvalue weighted by Crippen LogP contribution is -2.21. The Morgan fingerprint density at radius 3 is 2.38 bits per heavy atom. The van der Waals surface area contributed by atoms with Gasteiger partial charge >= 0.3 is 0 Å². The highest BCUT2D eigenvalue weighted by atomic mass is 79.9. The SMILES string of the molecule is O=C1C(Br)=C(Br)[C@H]2[C@H]1[C@H]1C=C[C@H]2C1. The molecule has 0 aliphatic heterocycles. The molecule has 0 unspecified atom stereocenters. The molecule has 4 atom stereocenters. The van der Waals surface area contributed by atoms with Crippen LogP contribution < -0.4 is 0 Å². The van der Waals surface area contributed by atoms with Gasteiger partial charge in [-0.05, 0) is 34.2 Å². The Hall–Kier alpha value is 0.110. The molecule has 1 fully saturated rings. The van der Waals surface area contributed by atoms with Gasteiger partial charge < -0.3 is 0 Å². The van der Waals surface area contributed by atoms with E-state index < -0.39 is 0 Å². The lowest BCUT2D eigenvalue weighted by Gasteiger charge is -2.19. The minimum atomic E-state index is 0.235. The molecule has 13 heavy (non-hydrogen) atoms. The maximum absolute atomic E-state index is 11.8. The molecule has 0 N–H and O–H groups in total. The van der Waals surface area contributed by atoms with E-state index in [9.17, 15) is 4.79 Å². The molecule has 3 heteroatoms. The summed E-state index contributed by atoms with van der Waals surface area (Å²) < 4.78 is 1.88. The van der Waals surface area contributed by atoms with Crippen LogP contribution in [0.15, 0.2) is 21.1 Å². The Kier molecular flexibility index (Phi) is 1.67. The molecule has 0 radical (unpaired) electrons. The molecular weight excluding hydrogens is 296 g/mol. The van der Waals surface area contributed by atoms with Crippen LogP contribution in [0.3, 0.4) is 0 Å². The van der Waals surface area contributed by atoms with E-state index in [1.165, 1.54) is 6.42 Å². The van der Waals surface area contributed by atoms with E-state index in [2.05, 4.69) is 44.0 Å². The molecular formula is C10H8Br2O. The Morgan fingerprint density at radius 1 is 1.15 bits per heavy atom. The first kappa shape index (κ1) is 8.42. The van der Waals surface area contributed by atoms with E-state index in [1.54, 1.807) is 0 Å². The Balaban J connectivity index is 2.11. The van der Waals surface area contributed by atoms with Crippen molar-refractivity contribution in [3.05, 3.63) is 21.1 Å². The minimum Gasteiger partial charge on any atom is -0.293 e. The van der Waals surface area contributed by atoms with Gasteiger partial charge in [0.25, 0.3) is 0 Å². The predicted octanol–water partition coefficient (Wildman–Crippen LogP) is 3.01. The minimum absolute atomic E-state index is 0.235. The summed E-state index contributed by atoms with van der Waals surface area (Å²) in [6.07, 6.45) is 5.66. The monoisotopic (exact) mass is 302 g/mol. The van der Waals surface area contributed by atoms with Crippen LogP contribution in [0.1, 0.15) is 6.42 Å². The molecule has 0 heterocycles. The largest absolute Gasteiger partial charge is 0.293 e. The Bertz CT molecular complexity index is 356. The predicted molar refractivity (Wildman–Crippen MR) is 57.6 cm³/mol. The Morgan fingerprint density at radius 2 is 1.77 bits per heavy atom. The smallest absolute Gasteiger partial charge is 0.174 e. The molecule has 0 amide bonds. The number of allylic oxidation sites excluding steroid dienone is 4. The fourth-order valence-corrected chi connectivity index (χ4v) is 4.28. The van der Waals surface area contributed by atoms with Crippen molar-refractivity contribution in [2.24, 2.45) is 23.7 Å². The van der Waals surface area contributed by atoms with Crippen molar-refractivity contribution < 1.29 is 4.79 Å². The highest BCUT2D eigenvalue weighted by molar-refractivity contribution is 9.14. The van der Waals surface area contributed by atoms with E-state index >= 15 is 0 Å². The van der Waals surface area contributed by atoms with E-state index in [-0.39, 0.29) is 5.92 Å². The summed E-state index contributed by atoms with van der Waals surface area (Å²) in [6, 6.07) is 0. The van der Waals surface area contributed by atoms with Crippen molar-refractivity contribution in [1.29, 1.82) is 0 Å². The summed E-state index contributed by atoms with van der Waals surface area (Å²) in [5.74, 6) is 2.08. The standard InChI is InChI=1S/C10H8Br2O/c11-8-6-4-1-2-5(3-4)7(6)10(13)9(8)12/h1-2,4-7H,3H2/t4-,5-,6+,7+/m0/s1. The number of carbonyl (C=O) groups is 1. The third-order valence-corrected chi connectivity index (χ3v) is 5.76. The van der Waals surface area contributed by atoms with Crippen molar-refractivity contribution in [3.63, 3.8) is 0 Å². The summed E-state index contributed by atoms with van der Waals surface area (Å²) >= 11 is 6.89. The van der Waals surface area contributed by atoms with Crippen molar-refractivity contribution >= 4 is 37.6 Å². The van der Waals surface area contributed by atoms with Gasteiger partial charge in [0.2, 0.25) is 0 Å². The van der Waals surface area contributed by atoms with Crippen LogP contribution in [0.5, 0.6) is 0 Å². The molecule has 0 aromatic rings. The highest BCUT2D eigenvalue weighted by Crippen LogP contribution is 2.58. The van der Waals surface area contributed by atoms with Crippen LogP contribution in [0.25, 0.3) is 0 Å². The van der Waals surface area contributed by atoms with Gasteiger partial charge in [-0.3, -0.25) is 4.79 Å². The van der Waals surface area contributed by atoms with Gasteiger partial charge in [0.1, 0.15) is 0 Å². The van der Waals surface area contributed by atoms with Gasteiger partial charge in [-0.25, -0.2) is 0 Å². The molecule has 0 aromatic carbocycles. The van der Waals surface area contributed by atoms with Crippen LogP contribution in [-0.2, 0) is 4.79 Å². The lowest BCUT2D eigenvalue weighted by atomic mass is 9.85. The number of hydrogen-bond acceptors (Lipinski definition) is 1. The normalized spacial score (nSPS) is 46.5. The Labute approximate surface area is 93.5 Å². The third-order valence-electron chi connectivity index (χ3n) is 3.48. The molecule has 3 rings (SSSR count). The van der Waals surface area contributed by atoms with Crippen LogP contribution >= 0.6 is 31.9 Å². The second-order valence-electron chi connectivity index (χ2n) is 4.03. The molecule has 1 saturated carbocycles. The van der Waals surface area contributed by atoms with E-state index in [1.807, 2.05) is 0 Å². The fourth-order valence-electron chi connectivity index (χ4n) is 2.94. The van der Waals surface area contributed by atoms with Crippen molar-refractivity contribution in [2.75, 3.05) is 0 Å². The summed E-state index contributed by atoms with van der Waals surface area (Å²) in [7, 11) is 0. The van der Waals surface area contributed by atoms with Gasteiger partial charge in [-0.15, -0.1) is 0 Å². The van der Waals surface area contributed by atoms with Gasteiger partial charge in [-0.1, -0.05) is 28.1 Å². The topological polar surface area (TPSA) is 17.1 Å². The number of halogens is 2. The molecule has 0 aromatic heterocycles. The zero-order chi connectivity index (χ0) is 9.16. The van der Waals surface area contributed by atoms with Crippen LogP contribution in [0.2, 0.25) is 0 Å². The van der Waals surface area contributed by atoms with Crippen LogP contribution in [0.4, 0.5) is 0 Å². The maximum Gasteiger partial charge on any atom is 0.174 e. The molecule has 68 valence electrons. The second kappa shape index (κ2) is 2.57. The first-order chi connectivity index (χ1) is 6.20. The molecule has 3 aliphatic carbocycles. The number of fused-ring (bicyclic) bond motifs is 5.